The molecule has 1 unspecified atom stereocenters. The van der Waals surface area contributed by atoms with Gasteiger partial charge in [-0.1, -0.05) is 6.07 Å². The molecule has 0 radical (unpaired) electrons. The minimum atomic E-state index is -1.24. The van der Waals surface area contributed by atoms with Crippen LogP contribution >= 0.6 is 0 Å². The zero-order valence-corrected chi connectivity index (χ0v) is 9.53. The van der Waals surface area contributed by atoms with Gasteiger partial charge in [-0.25, -0.2) is 9.18 Å². The van der Waals surface area contributed by atoms with Gasteiger partial charge in [0.15, 0.2) is 0 Å². The SMILES string of the molecule is COC(=O)C1(N)CCOc2ccc(CF)cc21. The van der Waals surface area contributed by atoms with E-state index in [1.165, 1.54) is 7.11 Å². The van der Waals surface area contributed by atoms with E-state index in [2.05, 4.69) is 0 Å². The number of carbonyl (C=O) groups excluding carboxylic acids is 1. The van der Waals surface area contributed by atoms with Crippen LogP contribution in [0.1, 0.15) is 17.5 Å². The number of hydrogen-bond donors (Lipinski definition) is 1. The average molecular weight is 239 g/mol. The molecule has 17 heavy (non-hydrogen) atoms. The number of nitrogens with two attached hydrogens (primary N) is 1. The molecular weight excluding hydrogens is 225 g/mol. The van der Waals surface area contributed by atoms with Crippen molar-refractivity contribution in [2.24, 2.45) is 5.73 Å². The molecular formula is C12H14FNO3. The monoisotopic (exact) mass is 239 g/mol. The molecule has 1 heterocycles. The molecule has 1 aromatic rings. The Labute approximate surface area is 98.5 Å². The van der Waals surface area contributed by atoms with E-state index in [-0.39, 0.29) is 0 Å². The summed E-state index contributed by atoms with van der Waals surface area (Å²) in [4.78, 5) is 11.8. The Hall–Kier alpha value is -1.62. The summed E-state index contributed by atoms with van der Waals surface area (Å²) in [6.45, 7) is -0.266. The molecule has 0 bridgehead atoms. The molecule has 0 fully saturated rings. The molecule has 92 valence electrons. The molecule has 4 nitrogen and oxygen atoms in total. The van der Waals surface area contributed by atoms with Crippen molar-refractivity contribution in [3.8, 4) is 5.75 Å². The second-order valence-corrected chi connectivity index (χ2v) is 4.03. The van der Waals surface area contributed by atoms with Crippen molar-refractivity contribution in [1.29, 1.82) is 0 Å². The van der Waals surface area contributed by atoms with Crippen LogP contribution in [0.5, 0.6) is 5.75 Å². The van der Waals surface area contributed by atoms with Gasteiger partial charge < -0.3 is 15.2 Å². The molecule has 1 aromatic carbocycles. The van der Waals surface area contributed by atoms with Crippen molar-refractivity contribution < 1.29 is 18.7 Å². The van der Waals surface area contributed by atoms with E-state index in [9.17, 15) is 9.18 Å². The molecule has 0 aromatic heterocycles. The molecule has 5 heteroatoms. The van der Waals surface area contributed by atoms with Gasteiger partial charge in [-0.2, -0.15) is 0 Å². The molecule has 0 saturated heterocycles. The van der Waals surface area contributed by atoms with Crippen LogP contribution in [0.15, 0.2) is 18.2 Å². The van der Waals surface area contributed by atoms with Crippen LogP contribution in [0.3, 0.4) is 0 Å². The molecule has 0 amide bonds. The summed E-state index contributed by atoms with van der Waals surface area (Å²) in [6.07, 6.45) is 0.322. The Bertz CT molecular complexity index is 449. The first-order chi connectivity index (χ1) is 8.11. The standard InChI is InChI=1S/C12H14FNO3/c1-16-11(15)12(14)4-5-17-10-3-2-8(7-13)6-9(10)12/h2-3,6H,4-5,7,14H2,1H3. The minimum absolute atomic E-state index is 0.322. The first kappa shape index (κ1) is 11.9. The number of benzene rings is 1. The fourth-order valence-corrected chi connectivity index (χ4v) is 1.99. The summed E-state index contributed by atoms with van der Waals surface area (Å²) in [5, 5.41) is 0. The smallest absolute Gasteiger partial charge is 0.330 e. The highest BCUT2D eigenvalue weighted by Crippen LogP contribution is 2.36. The van der Waals surface area contributed by atoms with Crippen LogP contribution in [-0.2, 0) is 21.7 Å². The molecule has 1 atom stereocenters. The first-order valence-electron chi connectivity index (χ1n) is 5.31. The van der Waals surface area contributed by atoms with Gasteiger partial charge >= 0.3 is 5.97 Å². The van der Waals surface area contributed by atoms with Gasteiger partial charge in [-0.3, -0.25) is 0 Å². The highest BCUT2D eigenvalue weighted by molar-refractivity contribution is 5.83. The second-order valence-electron chi connectivity index (χ2n) is 4.03. The lowest BCUT2D eigenvalue weighted by atomic mass is 9.84. The van der Waals surface area contributed by atoms with Crippen LogP contribution < -0.4 is 10.5 Å². The van der Waals surface area contributed by atoms with Crippen molar-refractivity contribution in [3.05, 3.63) is 29.3 Å². The zero-order valence-electron chi connectivity index (χ0n) is 9.53. The Kier molecular flexibility index (Phi) is 3.02. The molecule has 2 rings (SSSR count). The Morgan fingerprint density at radius 1 is 1.65 bits per heavy atom. The molecule has 0 saturated carbocycles. The molecule has 2 N–H and O–H groups in total. The van der Waals surface area contributed by atoms with Crippen LogP contribution in [0.25, 0.3) is 0 Å². The zero-order chi connectivity index (χ0) is 12.5. The number of carbonyl (C=O) groups is 1. The Morgan fingerprint density at radius 2 is 2.41 bits per heavy atom. The predicted molar refractivity (Wildman–Crippen MR) is 59.2 cm³/mol. The topological polar surface area (TPSA) is 61.5 Å². The number of ether oxygens (including phenoxy) is 2. The van der Waals surface area contributed by atoms with E-state index in [4.69, 9.17) is 15.2 Å². The lowest BCUT2D eigenvalue weighted by Crippen LogP contribution is -2.49. The van der Waals surface area contributed by atoms with Gasteiger partial charge in [-0.15, -0.1) is 0 Å². The third-order valence-electron chi connectivity index (χ3n) is 2.98. The van der Waals surface area contributed by atoms with Gasteiger partial charge in [0.25, 0.3) is 0 Å². The number of hydrogen-bond acceptors (Lipinski definition) is 4. The van der Waals surface area contributed by atoms with E-state index in [0.717, 1.165) is 0 Å². The predicted octanol–water partition coefficient (Wildman–Crippen LogP) is 1.27. The van der Waals surface area contributed by atoms with Crippen LogP contribution in [0.4, 0.5) is 4.39 Å². The van der Waals surface area contributed by atoms with Crippen molar-refractivity contribution in [2.75, 3.05) is 13.7 Å². The van der Waals surface area contributed by atoms with E-state index < -0.39 is 18.2 Å². The number of esters is 1. The summed E-state index contributed by atoms with van der Waals surface area (Å²) in [5.41, 5.74) is 5.79. The fourth-order valence-electron chi connectivity index (χ4n) is 1.99. The number of rotatable bonds is 2. The van der Waals surface area contributed by atoms with Crippen LogP contribution in [-0.4, -0.2) is 19.7 Å². The molecule has 0 aliphatic carbocycles. The highest BCUT2D eigenvalue weighted by atomic mass is 19.1. The van der Waals surface area contributed by atoms with Gasteiger partial charge in [0.2, 0.25) is 0 Å². The summed E-state index contributed by atoms with van der Waals surface area (Å²) < 4.78 is 22.7. The normalized spacial score (nSPS) is 22.5. The highest BCUT2D eigenvalue weighted by Gasteiger charge is 2.42. The minimum Gasteiger partial charge on any atom is -0.493 e. The Morgan fingerprint density at radius 3 is 3.06 bits per heavy atom. The summed E-state index contributed by atoms with van der Waals surface area (Å²) >= 11 is 0. The van der Waals surface area contributed by atoms with Crippen molar-refractivity contribution in [3.63, 3.8) is 0 Å². The van der Waals surface area contributed by atoms with E-state index in [1.54, 1.807) is 18.2 Å². The van der Waals surface area contributed by atoms with Gasteiger partial charge in [0.1, 0.15) is 18.0 Å². The number of alkyl halides is 1. The molecule has 0 spiro atoms. The maximum atomic E-state index is 12.6. The Balaban J connectivity index is 2.52. The van der Waals surface area contributed by atoms with E-state index in [0.29, 0.717) is 29.9 Å². The van der Waals surface area contributed by atoms with Crippen molar-refractivity contribution in [1.82, 2.24) is 0 Å². The van der Waals surface area contributed by atoms with Crippen LogP contribution in [0.2, 0.25) is 0 Å². The van der Waals surface area contributed by atoms with E-state index in [1.807, 2.05) is 0 Å². The maximum absolute atomic E-state index is 12.6. The van der Waals surface area contributed by atoms with E-state index >= 15 is 0 Å². The summed E-state index contributed by atoms with van der Waals surface area (Å²) in [7, 11) is 1.28. The fraction of sp³-hybridized carbons (Fsp3) is 0.417. The number of methoxy groups -OCH3 is 1. The molecule has 1 aliphatic heterocycles. The first-order valence-corrected chi connectivity index (χ1v) is 5.31. The largest absolute Gasteiger partial charge is 0.493 e. The van der Waals surface area contributed by atoms with Crippen molar-refractivity contribution in [2.45, 2.75) is 18.6 Å². The third-order valence-corrected chi connectivity index (χ3v) is 2.98. The third kappa shape index (κ3) is 1.86. The number of halogens is 1. The van der Waals surface area contributed by atoms with Crippen molar-refractivity contribution >= 4 is 5.97 Å². The van der Waals surface area contributed by atoms with Gasteiger partial charge in [0, 0.05) is 12.0 Å². The molecule has 1 aliphatic rings. The van der Waals surface area contributed by atoms with Gasteiger partial charge in [-0.05, 0) is 17.7 Å². The lowest BCUT2D eigenvalue weighted by molar-refractivity contribution is -0.148. The maximum Gasteiger partial charge on any atom is 0.330 e. The van der Waals surface area contributed by atoms with Gasteiger partial charge in [0.05, 0.1) is 13.7 Å². The number of fused-ring (bicyclic) bond motifs is 1. The summed E-state index contributed by atoms with van der Waals surface area (Å²) in [5.74, 6) is -0.0144. The summed E-state index contributed by atoms with van der Waals surface area (Å²) in [6, 6.07) is 4.81. The van der Waals surface area contributed by atoms with Crippen LogP contribution in [0, 0.1) is 0 Å². The second kappa shape index (κ2) is 4.33. The quantitative estimate of drug-likeness (QED) is 0.789. The lowest BCUT2D eigenvalue weighted by Gasteiger charge is -2.33. The average Bonchev–Trinajstić information content (AvgIpc) is 2.37.